The van der Waals surface area contributed by atoms with Crippen LogP contribution in [0.1, 0.15) is 28.7 Å². The first-order chi connectivity index (χ1) is 10.1. The van der Waals surface area contributed by atoms with Crippen LogP contribution in [0.5, 0.6) is 0 Å². The summed E-state index contributed by atoms with van der Waals surface area (Å²) in [6.07, 6.45) is -4.60. The van der Waals surface area contributed by atoms with Crippen molar-refractivity contribution in [2.45, 2.75) is 26.1 Å². The third kappa shape index (κ3) is 3.17. The number of alkyl halides is 3. The molecule has 120 valence electrons. The smallest absolute Gasteiger partial charge is 0.392 e. The highest BCUT2D eigenvalue weighted by Crippen LogP contribution is 2.33. The van der Waals surface area contributed by atoms with Crippen LogP contribution in [0.2, 0.25) is 5.02 Å². The topological polar surface area (TPSA) is 66.6 Å². The monoisotopic (exact) mass is 335 g/mol. The number of carbonyl (C=O) groups excluding carboxylic acids is 1. The van der Waals surface area contributed by atoms with Gasteiger partial charge in [-0.25, -0.2) is 4.98 Å². The summed E-state index contributed by atoms with van der Waals surface area (Å²) in [5.41, 5.74) is -0.727. The Morgan fingerprint density at radius 1 is 1.55 bits per heavy atom. The Morgan fingerprint density at radius 2 is 2.18 bits per heavy atom. The molecule has 1 unspecified atom stereocenters. The maximum absolute atomic E-state index is 12.9. The molecule has 2 aromatic rings. The number of imidazole rings is 1. The van der Waals surface area contributed by atoms with Gasteiger partial charge in [0.05, 0.1) is 22.4 Å². The summed E-state index contributed by atoms with van der Waals surface area (Å²) >= 11 is 5.83. The number of hydrogen-bond acceptors (Lipinski definition) is 3. The second-order valence-corrected chi connectivity index (χ2v) is 5.28. The molecule has 22 heavy (non-hydrogen) atoms. The fourth-order valence-electron chi connectivity index (χ4n) is 1.97. The number of nitrogens with one attached hydrogen (secondary N) is 1. The molecule has 0 aliphatic heterocycles. The average molecular weight is 336 g/mol. The molecule has 0 aliphatic rings. The Hall–Kier alpha value is -1.80. The van der Waals surface area contributed by atoms with Gasteiger partial charge in [0.25, 0.3) is 5.91 Å². The van der Waals surface area contributed by atoms with Crippen molar-refractivity contribution in [1.29, 1.82) is 0 Å². The first-order valence-corrected chi connectivity index (χ1v) is 6.70. The van der Waals surface area contributed by atoms with Crippen molar-refractivity contribution in [3.8, 4) is 0 Å². The number of aliphatic hydroxyl groups excluding tert-OH is 1. The normalized spacial score (nSPS) is 13.4. The molecule has 2 N–H and O–H groups in total. The van der Waals surface area contributed by atoms with E-state index >= 15 is 0 Å². The summed E-state index contributed by atoms with van der Waals surface area (Å²) in [6.45, 7) is 2.94. The SMILES string of the molecule is Cc1nc2c(Cl)cc(C(F)(F)F)cn2c1C(=O)NCC(C)O. The molecule has 0 aromatic carbocycles. The number of rotatable bonds is 3. The highest BCUT2D eigenvalue weighted by Gasteiger charge is 2.32. The number of halogens is 4. The van der Waals surface area contributed by atoms with E-state index in [9.17, 15) is 18.0 Å². The predicted octanol–water partition coefficient (Wildman–Crippen LogP) is 2.43. The van der Waals surface area contributed by atoms with Crippen molar-refractivity contribution in [1.82, 2.24) is 14.7 Å². The molecular weight excluding hydrogens is 323 g/mol. The highest BCUT2D eigenvalue weighted by atomic mass is 35.5. The van der Waals surface area contributed by atoms with E-state index in [1.165, 1.54) is 13.8 Å². The van der Waals surface area contributed by atoms with Crippen LogP contribution in [-0.2, 0) is 6.18 Å². The number of amides is 1. The van der Waals surface area contributed by atoms with Gasteiger partial charge in [0.1, 0.15) is 5.69 Å². The van der Waals surface area contributed by atoms with E-state index in [-0.39, 0.29) is 28.6 Å². The van der Waals surface area contributed by atoms with Crippen LogP contribution in [0.4, 0.5) is 13.2 Å². The fraction of sp³-hybridized carbons (Fsp3) is 0.385. The molecule has 2 aromatic heterocycles. The van der Waals surface area contributed by atoms with Crippen LogP contribution in [0.25, 0.3) is 5.65 Å². The molecule has 0 radical (unpaired) electrons. The molecule has 9 heteroatoms. The van der Waals surface area contributed by atoms with Gasteiger partial charge in [0, 0.05) is 12.7 Å². The van der Waals surface area contributed by atoms with Crippen molar-refractivity contribution in [2.75, 3.05) is 6.54 Å². The highest BCUT2D eigenvalue weighted by molar-refractivity contribution is 6.33. The number of hydrogen-bond donors (Lipinski definition) is 2. The van der Waals surface area contributed by atoms with Crippen molar-refractivity contribution in [3.63, 3.8) is 0 Å². The Kier molecular flexibility index (Phi) is 4.35. The van der Waals surface area contributed by atoms with E-state index in [0.29, 0.717) is 0 Å². The zero-order valence-electron chi connectivity index (χ0n) is 11.7. The number of fused-ring (bicyclic) bond motifs is 1. The van der Waals surface area contributed by atoms with Gasteiger partial charge >= 0.3 is 6.18 Å². The van der Waals surface area contributed by atoms with Gasteiger partial charge in [-0.2, -0.15) is 13.2 Å². The summed E-state index contributed by atoms with van der Waals surface area (Å²) in [7, 11) is 0. The summed E-state index contributed by atoms with van der Waals surface area (Å²) in [5, 5.41) is 11.4. The predicted molar refractivity (Wildman–Crippen MR) is 74.0 cm³/mol. The first-order valence-electron chi connectivity index (χ1n) is 6.33. The molecule has 0 bridgehead atoms. The number of aliphatic hydroxyl groups is 1. The van der Waals surface area contributed by atoms with Crippen molar-refractivity contribution in [2.24, 2.45) is 0 Å². The number of aromatic nitrogens is 2. The molecule has 0 saturated carbocycles. The van der Waals surface area contributed by atoms with Gasteiger partial charge in [-0.1, -0.05) is 11.6 Å². The second-order valence-electron chi connectivity index (χ2n) is 4.87. The molecule has 2 rings (SSSR count). The van der Waals surface area contributed by atoms with Crippen molar-refractivity contribution < 1.29 is 23.1 Å². The van der Waals surface area contributed by atoms with E-state index in [4.69, 9.17) is 16.7 Å². The van der Waals surface area contributed by atoms with Gasteiger partial charge in [-0.05, 0) is 19.9 Å². The number of carbonyl (C=O) groups is 1. The maximum atomic E-state index is 12.9. The molecule has 1 amide bonds. The fourth-order valence-corrected chi connectivity index (χ4v) is 2.22. The second kappa shape index (κ2) is 5.77. The van der Waals surface area contributed by atoms with Crippen LogP contribution >= 0.6 is 11.6 Å². The number of pyridine rings is 1. The molecule has 0 aliphatic carbocycles. The third-order valence-corrected chi connectivity index (χ3v) is 3.23. The lowest BCUT2D eigenvalue weighted by Crippen LogP contribution is -2.31. The average Bonchev–Trinajstić information content (AvgIpc) is 2.72. The van der Waals surface area contributed by atoms with Crippen LogP contribution in [-0.4, -0.2) is 33.0 Å². The molecule has 0 fully saturated rings. The minimum Gasteiger partial charge on any atom is -0.392 e. The van der Waals surface area contributed by atoms with Crippen molar-refractivity contribution in [3.05, 3.63) is 34.2 Å². The van der Waals surface area contributed by atoms with E-state index in [1.807, 2.05) is 0 Å². The standard InChI is InChI=1S/C13H13ClF3N3O2/c1-6(21)4-18-12(22)10-7(2)19-11-9(14)3-8(5-20(10)11)13(15,16)17/h3,5-6,21H,4H2,1-2H3,(H,18,22). The zero-order valence-corrected chi connectivity index (χ0v) is 12.5. The molecule has 0 saturated heterocycles. The molecule has 0 spiro atoms. The lowest BCUT2D eigenvalue weighted by Gasteiger charge is -2.10. The van der Waals surface area contributed by atoms with Crippen LogP contribution in [0, 0.1) is 6.92 Å². The summed E-state index contributed by atoms with van der Waals surface area (Å²) < 4.78 is 39.6. The van der Waals surface area contributed by atoms with Crippen LogP contribution in [0.3, 0.4) is 0 Å². The maximum Gasteiger partial charge on any atom is 0.417 e. The minimum atomic E-state index is -4.59. The minimum absolute atomic E-state index is 0.0296. The largest absolute Gasteiger partial charge is 0.417 e. The Balaban J connectivity index is 2.56. The lowest BCUT2D eigenvalue weighted by molar-refractivity contribution is -0.137. The lowest BCUT2D eigenvalue weighted by atomic mass is 10.2. The van der Waals surface area contributed by atoms with Crippen LogP contribution in [0.15, 0.2) is 12.3 Å². The zero-order chi connectivity index (χ0) is 16.7. The Labute approximate surface area is 128 Å². The number of nitrogens with zero attached hydrogens (tertiary/aromatic N) is 2. The third-order valence-electron chi connectivity index (χ3n) is 2.95. The molecule has 2 heterocycles. The summed E-state index contributed by atoms with van der Waals surface area (Å²) in [5.74, 6) is -0.638. The van der Waals surface area contributed by atoms with E-state index < -0.39 is 23.8 Å². The van der Waals surface area contributed by atoms with E-state index in [0.717, 1.165) is 16.7 Å². The van der Waals surface area contributed by atoms with Crippen molar-refractivity contribution >= 4 is 23.2 Å². The van der Waals surface area contributed by atoms with E-state index in [1.54, 1.807) is 0 Å². The number of aryl methyl sites for hydroxylation is 1. The van der Waals surface area contributed by atoms with Gasteiger partial charge in [-0.15, -0.1) is 0 Å². The Bertz CT molecular complexity index is 725. The molecular formula is C13H13ClF3N3O2. The van der Waals surface area contributed by atoms with E-state index in [2.05, 4.69) is 10.3 Å². The quantitative estimate of drug-likeness (QED) is 0.905. The Morgan fingerprint density at radius 3 is 2.73 bits per heavy atom. The van der Waals surface area contributed by atoms with Gasteiger partial charge in [0.2, 0.25) is 0 Å². The summed E-state index contributed by atoms with van der Waals surface area (Å²) in [4.78, 5) is 16.1. The van der Waals surface area contributed by atoms with Gasteiger partial charge in [-0.3, -0.25) is 9.20 Å². The van der Waals surface area contributed by atoms with Crippen LogP contribution < -0.4 is 5.32 Å². The summed E-state index contributed by atoms with van der Waals surface area (Å²) in [6, 6.07) is 0.765. The molecule has 1 atom stereocenters. The van der Waals surface area contributed by atoms with Gasteiger partial charge in [0.15, 0.2) is 5.65 Å². The molecule has 5 nitrogen and oxygen atoms in total. The first kappa shape index (κ1) is 16.6. The van der Waals surface area contributed by atoms with Gasteiger partial charge < -0.3 is 10.4 Å².